The number of likely N-dealkylation sites (N-methyl/N-ethyl adjacent to an activating group) is 1. The number of carbonyl (C=O) groups excluding carboxylic acids is 2. The average Bonchev–Trinajstić information content (AvgIpc) is 3.00. The average molecular weight is 426 g/mol. The Hall–Kier alpha value is -2.14. The van der Waals surface area contributed by atoms with E-state index in [-0.39, 0.29) is 11.8 Å². The van der Waals surface area contributed by atoms with Gasteiger partial charge in [0, 0.05) is 32.7 Å². The molecule has 2 aliphatic heterocycles. The molecular weight excluding hydrogens is 386 g/mol. The van der Waals surface area contributed by atoms with Gasteiger partial charge in [0.15, 0.2) is 0 Å². The van der Waals surface area contributed by atoms with Gasteiger partial charge in [0.1, 0.15) is 5.70 Å². The third-order valence-corrected chi connectivity index (χ3v) is 6.67. The molecule has 2 amide bonds. The van der Waals surface area contributed by atoms with Crippen LogP contribution in [-0.2, 0) is 9.59 Å². The Bertz CT molecular complexity index is 822. The van der Waals surface area contributed by atoms with Gasteiger partial charge in [0.25, 0.3) is 11.8 Å². The van der Waals surface area contributed by atoms with Gasteiger partial charge in [-0.25, -0.2) is 0 Å². The van der Waals surface area contributed by atoms with Gasteiger partial charge in [0.05, 0.1) is 5.57 Å². The third kappa shape index (κ3) is 5.38. The molecule has 0 saturated carbocycles. The summed E-state index contributed by atoms with van der Waals surface area (Å²) in [5.41, 5.74) is 4.36. The lowest BCUT2D eigenvalue weighted by molar-refractivity contribution is -0.137. The van der Waals surface area contributed by atoms with E-state index in [2.05, 4.69) is 36.6 Å². The largest absolute Gasteiger partial charge is 0.364 e. The molecular formula is C26H39N3O2. The van der Waals surface area contributed by atoms with Crippen LogP contribution in [0.1, 0.15) is 69.1 Å². The van der Waals surface area contributed by atoms with Crippen molar-refractivity contribution >= 4 is 17.4 Å². The fourth-order valence-corrected chi connectivity index (χ4v) is 4.73. The van der Waals surface area contributed by atoms with Crippen molar-refractivity contribution in [1.82, 2.24) is 14.7 Å². The van der Waals surface area contributed by atoms with Crippen LogP contribution in [-0.4, -0.2) is 65.8 Å². The Morgan fingerprint density at radius 3 is 2.16 bits per heavy atom. The highest BCUT2D eigenvalue weighted by Crippen LogP contribution is 2.34. The topological polar surface area (TPSA) is 43.9 Å². The minimum atomic E-state index is -0.113. The number of imide groups is 1. The molecule has 0 unspecified atom stereocenters. The lowest BCUT2D eigenvalue weighted by Crippen LogP contribution is -2.47. The summed E-state index contributed by atoms with van der Waals surface area (Å²) in [6.07, 6.45) is 6.85. The van der Waals surface area contributed by atoms with Crippen molar-refractivity contribution in [3.05, 3.63) is 40.6 Å². The van der Waals surface area contributed by atoms with Crippen molar-refractivity contribution in [2.75, 3.05) is 39.3 Å². The van der Waals surface area contributed by atoms with Gasteiger partial charge in [-0.15, -0.1) is 0 Å². The first-order chi connectivity index (χ1) is 15.0. The summed E-state index contributed by atoms with van der Waals surface area (Å²) < 4.78 is 0. The summed E-state index contributed by atoms with van der Waals surface area (Å²) >= 11 is 0. The van der Waals surface area contributed by atoms with Crippen molar-refractivity contribution in [2.45, 2.75) is 66.2 Å². The van der Waals surface area contributed by atoms with Gasteiger partial charge in [-0.05, 0) is 37.9 Å². The maximum absolute atomic E-state index is 13.5. The number of hydrogen-bond donors (Lipinski definition) is 0. The summed E-state index contributed by atoms with van der Waals surface area (Å²) in [6, 6.07) is 6.15. The molecule has 0 N–H and O–H groups in total. The zero-order valence-corrected chi connectivity index (χ0v) is 19.9. The summed E-state index contributed by atoms with van der Waals surface area (Å²) in [5.74, 6) is -0.211. The number of nitrogens with zero attached hydrogens (tertiary/aromatic N) is 3. The van der Waals surface area contributed by atoms with Crippen LogP contribution in [0.15, 0.2) is 23.9 Å². The highest BCUT2D eigenvalue weighted by atomic mass is 16.2. The van der Waals surface area contributed by atoms with Gasteiger partial charge in [-0.1, -0.05) is 69.7 Å². The molecule has 3 rings (SSSR count). The molecule has 5 nitrogen and oxygen atoms in total. The summed E-state index contributed by atoms with van der Waals surface area (Å²) in [5, 5.41) is 0. The number of carbonyl (C=O) groups is 2. The van der Waals surface area contributed by atoms with Crippen molar-refractivity contribution in [1.29, 1.82) is 0 Å². The van der Waals surface area contributed by atoms with Gasteiger partial charge >= 0.3 is 0 Å². The molecule has 1 aromatic rings. The van der Waals surface area contributed by atoms with Crippen LogP contribution in [0, 0.1) is 13.8 Å². The van der Waals surface area contributed by atoms with Crippen molar-refractivity contribution in [2.24, 2.45) is 0 Å². The molecule has 5 heteroatoms. The fourth-order valence-electron chi connectivity index (χ4n) is 4.73. The Labute approximate surface area is 188 Å². The zero-order valence-electron chi connectivity index (χ0n) is 19.9. The van der Waals surface area contributed by atoms with Crippen molar-refractivity contribution < 1.29 is 9.59 Å². The normalized spacial score (nSPS) is 17.9. The number of unbranched alkanes of at least 4 members (excludes halogenated alkanes) is 5. The van der Waals surface area contributed by atoms with E-state index in [1.54, 1.807) is 0 Å². The molecule has 2 heterocycles. The molecule has 170 valence electrons. The van der Waals surface area contributed by atoms with Crippen LogP contribution in [0.4, 0.5) is 0 Å². The summed E-state index contributed by atoms with van der Waals surface area (Å²) in [4.78, 5) is 33.0. The maximum Gasteiger partial charge on any atom is 0.277 e. The van der Waals surface area contributed by atoms with Crippen LogP contribution in [0.25, 0.3) is 5.57 Å². The predicted octanol–water partition coefficient (Wildman–Crippen LogP) is 4.38. The van der Waals surface area contributed by atoms with Gasteiger partial charge in [-0.2, -0.15) is 0 Å². The van der Waals surface area contributed by atoms with Crippen LogP contribution < -0.4 is 0 Å². The molecule has 0 atom stereocenters. The second-order valence-corrected chi connectivity index (χ2v) is 8.99. The molecule has 31 heavy (non-hydrogen) atoms. The second kappa shape index (κ2) is 10.9. The molecule has 1 saturated heterocycles. The first-order valence-electron chi connectivity index (χ1n) is 12.1. The summed E-state index contributed by atoms with van der Waals surface area (Å²) in [7, 11) is 0. The quantitative estimate of drug-likeness (QED) is 0.412. The standard InChI is InChI=1S/C26H39N3O2/c1-5-7-8-9-10-11-14-29-25(30)23(22-13-12-20(3)19-21(22)4)24(26(29)31)28-17-15-27(6-2)16-18-28/h12-13,19H,5-11,14-18H2,1-4H3. The lowest BCUT2D eigenvalue weighted by atomic mass is 9.97. The smallest absolute Gasteiger partial charge is 0.277 e. The zero-order chi connectivity index (χ0) is 22.4. The molecule has 1 aromatic carbocycles. The van der Waals surface area contributed by atoms with Gasteiger partial charge in [0.2, 0.25) is 0 Å². The molecule has 0 aromatic heterocycles. The Morgan fingerprint density at radius 2 is 1.52 bits per heavy atom. The van der Waals surface area contributed by atoms with Crippen LogP contribution in [0.2, 0.25) is 0 Å². The van der Waals surface area contributed by atoms with Crippen LogP contribution in [0.5, 0.6) is 0 Å². The molecule has 2 aliphatic rings. The Morgan fingerprint density at radius 1 is 0.839 bits per heavy atom. The van der Waals surface area contributed by atoms with E-state index in [1.807, 2.05) is 19.1 Å². The predicted molar refractivity (Wildman–Crippen MR) is 127 cm³/mol. The second-order valence-electron chi connectivity index (χ2n) is 8.99. The molecule has 0 spiro atoms. The van der Waals surface area contributed by atoms with E-state index < -0.39 is 0 Å². The highest BCUT2D eigenvalue weighted by Gasteiger charge is 2.42. The first-order valence-corrected chi connectivity index (χ1v) is 12.1. The Kier molecular flexibility index (Phi) is 8.30. The number of hydrogen-bond acceptors (Lipinski definition) is 4. The number of rotatable bonds is 10. The van der Waals surface area contributed by atoms with Crippen molar-refractivity contribution in [3.63, 3.8) is 0 Å². The molecule has 1 fully saturated rings. The van der Waals surface area contributed by atoms with E-state index in [9.17, 15) is 9.59 Å². The molecule has 0 radical (unpaired) electrons. The SMILES string of the molecule is CCCCCCCCN1C(=O)C(c2ccc(C)cc2C)=C(N2CCN(CC)CC2)C1=O. The fraction of sp³-hybridized carbons (Fsp3) is 0.615. The molecule has 0 bridgehead atoms. The molecule has 0 aliphatic carbocycles. The van der Waals surface area contributed by atoms with Gasteiger partial charge < -0.3 is 9.80 Å². The third-order valence-electron chi connectivity index (χ3n) is 6.67. The first kappa shape index (κ1) is 23.5. The van der Waals surface area contributed by atoms with E-state index in [0.29, 0.717) is 17.8 Å². The van der Waals surface area contributed by atoms with Crippen LogP contribution >= 0.6 is 0 Å². The number of piperazine rings is 1. The van der Waals surface area contributed by atoms with E-state index in [4.69, 9.17) is 0 Å². The highest BCUT2D eigenvalue weighted by molar-refractivity contribution is 6.35. The minimum Gasteiger partial charge on any atom is -0.364 e. The minimum absolute atomic E-state index is 0.0986. The number of benzene rings is 1. The van der Waals surface area contributed by atoms with Crippen molar-refractivity contribution in [3.8, 4) is 0 Å². The maximum atomic E-state index is 13.5. The monoisotopic (exact) mass is 425 g/mol. The summed E-state index contributed by atoms with van der Waals surface area (Å²) in [6.45, 7) is 13.5. The number of aryl methyl sites for hydroxylation is 2. The number of amides is 2. The van der Waals surface area contributed by atoms with Crippen LogP contribution in [0.3, 0.4) is 0 Å². The Balaban J connectivity index is 1.83. The van der Waals surface area contributed by atoms with E-state index in [0.717, 1.165) is 56.7 Å². The lowest BCUT2D eigenvalue weighted by Gasteiger charge is -2.36. The van der Waals surface area contributed by atoms with E-state index in [1.165, 1.54) is 36.1 Å². The van der Waals surface area contributed by atoms with Gasteiger partial charge in [-0.3, -0.25) is 14.5 Å². The van der Waals surface area contributed by atoms with E-state index >= 15 is 0 Å².